The second-order valence-electron chi connectivity index (χ2n) is 8.21. The molecule has 1 amide bonds. The van der Waals surface area contributed by atoms with Crippen molar-refractivity contribution >= 4 is 11.9 Å². The van der Waals surface area contributed by atoms with Gasteiger partial charge >= 0.3 is 0 Å². The highest BCUT2D eigenvalue weighted by Crippen LogP contribution is 2.33. The summed E-state index contributed by atoms with van der Waals surface area (Å²) in [7, 11) is 1.71. The molecule has 1 aliphatic heterocycles. The number of ether oxygens (including phenoxy) is 1. The van der Waals surface area contributed by atoms with E-state index in [0.29, 0.717) is 11.9 Å². The monoisotopic (exact) mass is 374 g/mol. The van der Waals surface area contributed by atoms with Gasteiger partial charge in [-0.3, -0.25) is 9.79 Å². The molecule has 0 radical (unpaired) electrons. The van der Waals surface area contributed by atoms with E-state index in [-0.39, 0.29) is 24.1 Å². The summed E-state index contributed by atoms with van der Waals surface area (Å²) in [5, 5.41) is 9.36. The van der Waals surface area contributed by atoms with Crippen LogP contribution in [0.4, 0.5) is 0 Å². The SMILES string of the molecule is CN=C(NCC(=O)NC(C)(C)C)NCC1CCCOC1c1ccc(C)cc1. The number of nitrogens with zero attached hydrogens (tertiary/aromatic N) is 1. The van der Waals surface area contributed by atoms with E-state index in [2.05, 4.69) is 52.1 Å². The minimum Gasteiger partial charge on any atom is -0.373 e. The molecule has 27 heavy (non-hydrogen) atoms. The van der Waals surface area contributed by atoms with Gasteiger partial charge in [-0.15, -0.1) is 0 Å². The number of hydrogen-bond acceptors (Lipinski definition) is 3. The van der Waals surface area contributed by atoms with Crippen LogP contribution in [0.15, 0.2) is 29.3 Å². The number of benzene rings is 1. The summed E-state index contributed by atoms with van der Waals surface area (Å²) in [5.41, 5.74) is 2.23. The zero-order valence-electron chi connectivity index (χ0n) is 17.3. The second kappa shape index (κ2) is 9.74. The number of nitrogens with one attached hydrogen (secondary N) is 3. The van der Waals surface area contributed by atoms with E-state index in [1.54, 1.807) is 7.05 Å². The van der Waals surface area contributed by atoms with Gasteiger partial charge in [0.05, 0.1) is 12.6 Å². The molecule has 1 fully saturated rings. The summed E-state index contributed by atoms with van der Waals surface area (Å²) in [6, 6.07) is 8.57. The van der Waals surface area contributed by atoms with Crippen LogP contribution >= 0.6 is 0 Å². The fourth-order valence-corrected chi connectivity index (χ4v) is 3.25. The van der Waals surface area contributed by atoms with E-state index in [1.807, 2.05) is 20.8 Å². The highest BCUT2D eigenvalue weighted by Gasteiger charge is 2.27. The van der Waals surface area contributed by atoms with Crippen molar-refractivity contribution in [1.82, 2.24) is 16.0 Å². The lowest BCUT2D eigenvalue weighted by atomic mass is 9.89. The molecule has 0 spiro atoms. The van der Waals surface area contributed by atoms with E-state index in [1.165, 1.54) is 11.1 Å². The third-order valence-corrected chi connectivity index (χ3v) is 4.54. The maximum absolute atomic E-state index is 12.0. The summed E-state index contributed by atoms with van der Waals surface area (Å²) in [5.74, 6) is 0.944. The zero-order chi connectivity index (χ0) is 19.9. The Bertz CT molecular complexity index is 635. The largest absolute Gasteiger partial charge is 0.373 e. The molecule has 2 rings (SSSR count). The standard InChI is InChI=1S/C21H34N4O2/c1-15-8-10-16(11-9-15)19-17(7-6-12-27-19)13-23-20(22-5)24-14-18(26)25-21(2,3)4/h8-11,17,19H,6-7,12-14H2,1-5H3,(H,25,26)(H2,22,23,24). The fourth-order valence-electron chi connectivity index (χ4n) is 3.25. The Morgan fingerprint density at radius 1 is 1.22 bits per heavy atom. The lowest BCUT2D eigenvalue weighted by Crippen LogP contribution is -2.49. The van der Waals surface area contributed by atoms with Gasteiger partial charge in [-0.2, -0.15) is 0 Å². The van der Waals surface area contributed by atoms with Gasteiger partial charge in [0.25, 0.3) is 0 Å². The van der Waals surface area contributed by atoms with Crippen LogP contribution in [0, 0.1) is 12.8 Å². The summed E-state index contributed by atoms with van der Waals surface area (Å²) in [6.45, 7) is 9.73. The van der Waals surface area contributed by atoms with Gasteiger partial charge in [0, 0.05) is 31.7 Å². The van der Waals surface area contributed by atoms with E-state index in [4.69, 9.17) is 4.74 Å². The van der Waals surface area contributed by atoms with E-state index < -0.39 is 0 Å². The first-order valence-corrected chi connectivity index (χ1v) is 9.72. The molecule has 2 unspecified atom stereocenters. The topological polar surface area (TPSA) is 74.8 Å². The van der Waals surface area contributed by atoms with Gasteiger partial charge in [-0.1, -0.05) is 29.8 Å². The average molecular weight is 375 g/mol. The molecule has 1 aliphatic rings. The van der Waals surface area contributed by atoms with Crippen molar-refractivity contribution < 1.29 is 9.53 Å². The molecule has 0 bridgehead atoms. The van der Waals surface area contributed by atoms with Gasteiger partial charge in [-0.25, -0.2) is 0 Å². The molecule has 1 aromatic carbocycles. The lowest BCUT2D eigenvalue weighted by molar-refractivity contribution is -0.121. The fraction of sp³-hybridized carbons (Fsp3) is 0.619. The molecule has 1 aromatic rings. The molecule has 0 aromatic heterocycles. The predicted octanol–water partition coefficient (Wildman–Crippen LogP) is 2.54. The Morgan fingerprint density at radius 2 is 1.93 bits per heavy atom. The Labute approximate surface area is 163 Å². The van der Waals surface area contributed by atoms with Crippen molar-refractivity contribution in [1.29, 1.82) is 0 Å². The summed E-state index contributed by atoms with van der Waals surface area (Å²) < 4.78 is 6.07. The number of guanidine groups is 1. The Kier molecular flexibility index (Phi) is 7.66. The van der Waals surface area contributed by atoms with Gasteiger partial charge < -0.3 is 20.7 Å². The van der Waals surface area contributed by atoms with Crippen molar-refractivity contribution in [2.24, 2.45) is 10.9 Å². The molecule has 0 aliphatic carbocycles. The van der Waals surface area contributed by atoms with Crippen LogP contribution in [-0.4, -0.2) is 44.1 Å². The van der Waals surface area contributed by atoms with Crippen molar-refractivity contribution in [2.75, 3.05) is 26.7 Å². The summed E-state index contributed by atoms with van der Waals surface area (Å²) >= 11 is 0. The Balaban J connectivity index is 1.88. The van der Waals surface area contributed by atoms with E-state index in [9.17, 15) is 4.79 Å². The Hall–Kier alpha value is -2.08. The van der Waals surface area contributed by atoms with Crippen molar-refractivity contribution in [3.05, 3.63) is 35.4 Å². The molecule has 2 atom stereocenters. The van der Waals surface area contributed by atoms with Crippen LogP contribution in [0.3, 0.4) is 0 Å². The molecule has 1 heterocycles. The van der Waals surface area contributed by atoms with E-state index >= 15 is 0 Å². The van der Waals surface area contributed by atoms with Crippen LogP contribution in [0.1, 0.15) is 50.8 Å². The predicted molar refractivity (Wildman–Crippen MR) is 110 cm³/mol. The molecular formula is C21H34N4O2. The van der Waals surface area contributed by atoms with Gasteiger partial charge in [0.2, 0.25) is 5.91 Å². The van der Waals surface area contributed by atoms with Crippen LogP contribution in [0.25, 0.3) is 0 Å². The molecule has 3 N–H and O–H groups in total. The van der Waals surface area contributed by atoms with Crippen molar-refractivity contribution in [2.45, 2.75) is 52.2 Å². The van der Waals surface area contributed by atoms with Gasteiger partial charge in [0.1, 0.15) is 0 Å². The maximum Gasteiger partial charge on any atom is 0.239 e. The van der Waals surface area contributed by atoms with Crippen LogP contribution in [-0.2, 0) is 9.53 Å². The number of aryl methyl sites for hydroxylation is 1. The quantitative estimate of drug-likeness (QED) is 0.547. The molecule has 6 nitrogen and oxygen atoms in total. The number of carbonyl (C=O) groups excluding carboxylic acids is 1. The summed E-state index contributed by atoms with van der Waals surface area (Å²) in [6.07, 6.45) is 2.26. The van der Waals surface area contributed by atoms with Gasteiger partial charge in [-0.05, 0) is 46.1 Å². The van der Waals surface area contributed by atoms with Gasteiger partial charge in [0.15, 0.2) is 5.96 Å². The normalized spacial score (nSPS) is 20.9. The molecule has 0 saturated carbocycles. The first-order valence-electron chi connectivity index (χ1n) is 9.72. The number of carbonyl (C=O) groups is 1. The number of aliphatic imine (C=N–C) groups is 1. The highest BCUT2D eigenvalue weighted by molar-refractivity contribution is 5.86. The van der Waals surface area contributed by atoms with Crippen molar-refractivity contribution in [3.63, 3.8) is 0 Å². The third kappa shape index (κ3) is 7.21. The smallest absolute Gasteiger partial charge is 0.239 e. The minimum absolute atomic E-state index is 0.0519. The molecular weight excluding hydrogens is 340 g/mol. The Morgan fingerprint density at radius 3 is 2.56 bits per heavy atom. The third-order valence-electron chi connectivity index (χ3n) is 4.54. The average Bonchev–Trinajstić information content (AvgIpc) is 2.61. The zero-order valence-corrected chi connectivity index (χ0v) is 17.3. The van der Waals surface area contributed by atoms with Crippen LogP contribution in [0.5, 0.6) is 0 Å². The number of amides is 1. The second-order valence-corrected chi connectivity index (χ2v) is 8.21. The molecule has 1 saturated heterocycles. The van der Waals surface area contributed by atoms with E-state index in [0.717, 1.165) is 26.0 Å². The highest BCUT2D eigenvalue weighted by atomic mass is 16.5. The minimum atomic E-state index is -0.240. The number of rotatable bonds is 5. The first-order chi connectivity index (χ1) is 12.8. The van der Waals surface area contributed by atoms with Crippen LogP contribution < -0.4 is 16.0 Å². The first kappa shape index (κ1) is 21.2. The number of hydrogen-bond donors (Lipinski definition) is 3. The lowest BCUT2D eigenvalue weighted by Gasteiger charge is -2.32. The molecule has 150 valence electrons. The molecule has 6 heteroatoms. The summed E-state index contributed by atoms with van der Waals surface area (Å²) in [4.78, 5) is 16.2. The van der Waals surface area contributed by atoms with Crippen LogP contribution in [0.2, 0.25) is 0 Å². The maximum atomic E-state index is 12.0. The van der Waals surface area contributed by atoms with Crippen molar-refractivity contribution in [3.8, 4) is 0 Å².